The Labute approximate surface area is 158 Å². The lowest BCUT2D eigenvalue weighted by Crippen LogP contribution is -2.25. The van der Waals surface area contributed by atoms with Crippen LogP contribution in [-0.4, -0.2) is 33.7 Å². The summed E-state index contributed by atoms with van der Waals surface area (Å²) >= 11 is 5.53. The van der Waals surface area contributed by atoms with Gasteiger partial charge in [-0.1, -0.05) is 12.1 Å². The molecule has 0 saturated carbocycles. The highest BCUT2D eigenvalue weighted by atomic mass is 32.1. The molecule has 26 heavy (non-hydrogen) atoms. The predicted octanol–water partition coefficient (Wildman–Crippen LogP) is 3.48. The third-order valence-corrected chi connectivity index (χ3v) is 5.16. The Hall–Kier alpha value is -2.86. The fraction of sp³-hybridized carbons (Fsp3) is 0.200. The zero-order valence-electron chi connectivity index (χ0n) is 14.7. The third-order valence-electron chi connectivity index (χ3n) is 4.75. The zero-order valence-corrected chi connectivity index (χ0v) is 15.5. The number of likely N-dealkylation sites (N-methyl/N-ethyl adjacent to an activating group) is 1. The Morgan fingerprint density at radius 2 is 2.00 bits per heavy atom. The molecular weight excluding hydrogens is 344 g/mol. The van der Waals surface area contributed by atoms with Crippen LogP contribution in [0.4, 0.5) is 0 Å². The number of thiocarbonyl (C=S) groups is 1. The summed E-state index contributed by atoms with van der Waals surface area (Å²) in [6, 6.07) is 18.2. The first-order chi connectivity index (χ1) is 12.7. The van der Waals surface area contributed by atoms with Crippen LogP contribution in [0.5, 0.6) is 5.75 Å². The van der Waals surface area contributed by atoms with Crippen LogP contribution in [0.15, 0.2) is 67.0 Å². The number of aromatic nitrogens is 2. The van der Waals surface area contributed by atoms with E-state index >= 15 is 0 Å². The van der Waals surface area contributed by atoms with Crippen molar-refractivity contribution < 1.29 is 4.74 Å². The van der Waals surface area contributed by atoms with Gasteiger partial charge in [-0.25, -0.2) is 0 Å². The first-order valence-electron chi connectivity index (χ1n) is 8.45. The highest BCUT2D eigenvalue weighted by molar-refractivity contribution is 7.80. The van der Waals surface area contributed by atoms with Crippen molar-refractivity contribution in [2.75, 3.05) is 14.2 Å². The van der Waals surface area contributed by atoms with Crippen LogP contribution in [0, 0.1) is 0 Å². The number of nitrogens with one attached hydrogen (secondary N) is 1. The molecule has 0 amide bonds. The van der Waals surface area contributed by atoms with E-state index in [2.05, 4.69) is 44.2 Å². The van der Waals surface area contributed by atoms with Crippen LogP contribution >= 0.6 is 12.2 Å². The fourth-order valence-electron chi connectivity index (χ4n) is 3.46. The summed E-state index contributed by atoms with van der Waals surface area (Å²) in [6.07, 6.45) is 3.88. The van der Waals surface area contributed by atoms with Gasteiger partial charge in [-0.05, 0) is 48.6 Å². The Morgan fingerprint density at radius 3 is 2.77 bits per heavy atom. The number of methoxy groups -OCH3 is 1. The maximum Gasteiger partial charge on any atom is 0.169 e. The molecule has 0 bridgehead atoms. The molecule has 1 N–H and O–H groups in total. The van der Waals surface area contributed by atoms with Crippen molar-refractivity contribution in [1.29, 1.82) is 0 Å². The van der Waals surface area contributed by atoms with Crippen molar-refractivity contribution in [3.05, 3.63) is 78.4 Å². The van der Waals surface area contributed by atoms with Gasteiger partial charge < -0.3 is 19.5 Å². The number of hydrogen-bond donors (Lipinski definition) is 1. The van der Waals surface area contributed by atoms with Crippen molar-refractivity contribution >= 4 is 17.3 Å². The van der Waals surface area contributed by atoms with Gasteiger partial charge >= 0.3 is 0 Å². The summed E-state index contributed by atoms with van der Waals surface area (Å²) in [5.74, 6) is 0.830. The molecule has 5 nitrogen and oxygen atoms in total. The van der Waals surface area contributed by atoms with Crippen LogP contribution in [0.1, 0.15) is 23.5 Å². The molecule has 1 aromatic carbocycles. The number of nitrogens with zero attached hydrogens (tertiary/aromatic N) is 3. The van der Waals surface area contributed by atoms with Gasteiger partial charge in [0.25, 0.3) is 0 Å². The Balaban J connectivity index is 1.79. The molecule has 2 atom stereocenters. The van der Waals surface area contributed by atoms with Gasteiger partial charge in [0.2, 0.25) is 0 Å². The average molecular weight is 364 g/mol. The minimum Gasteiger partial charge on any atom is -0.497 e. The third kappa shape index (κ3) is 2.82. The van der Waals surface area contributed by atoms with E-state index in [1.54, 1.807) is 7.11 Å². The molecule has 1 fully saturated rings. The van der Waals surface area contributed by atoms with Crippen molar-refractivity contribution in [3.8, 4) is 11.4 Å². The second kappa shape index (κ2) is 6.80. The quantitative estimate of drug-likeness (QED) is 0.718. The van der Waals surface area contributed by atoms with Crippen molar-refractivity contribution in [3.63, 3.8) is 0 Å². The number of hydrogen-bond acceptors (Lipinski definition) is 3. The topological polar surface area (TPSA) is 42.3 Å². The van der Waals surface area contributed by atoms with E-state index in [-0.39, 0.29) is 12.1 Å². The van der Waals surface area contributed by atoms with Crippen molar-refractivity contribution in [1.82, 2.24) is 19.8 Å². The largest absolute Gasteiger partial charge is 0.497 e. The zero-order chi connectivity index (χ0) is 18.1. The highest BCUT2D eigenvalue weighted by Gasteiger charge is 2.39. The van der Waals surface area contributed by atoms with E-state index in [4.69, 9.17) is 17.0 Å². The maximum absolute atomic E-state index is 5.53. The second-order valence-corrected chi connectivity index (χ2v) is 6.63. The molecule has 2 aromatic heterocycles. The van der Waals surface area contributed by atoms with Gasteiger partial charge in [-0.15, -0.1) is 0 Å². The van der Waals surface area contributed by atoms with Gasteiger partial charge in [0.1, 0.15) is 5.75 Å². The van der Waals surface area contributed by atoms with Crippen LogP contribution in [0.2, 0.25) is 0 Å². The standard InChI is InChI=1S/C20H20N4OS/c1-23-19(18(22-20(23)26)16-9-3-4-11-21-16)17-10-6-12-24(17)14-7-5-8-15(13-14)25-2/h3-13,18-19H,1-2H3,(H,22,26)/t18-,19-/m1/s1. The lowest BCUT2D eigenvalue weighted by Gasteiger charge is -2.25. The van der Waals surface area contributed by atoms with Crippen LogP contribution in [0.25, 0.3) is 5.69 Å². The van der Waals surface area contributed by atoms with E-state index in [9.17, 15) is 0 Å². The van der Waals surface area contributed by atoms with E-state index in [0.29, 0.717) is 0 Å². The van der Waals surface area contributed by atoms with E-state index in [1.165, 1.54) is 0 Å². The van der Waals surface area contributed by atoms with Gasteiger partial charge in [0.05, 0.1) is 24.9 Å². The molecule has 3 aromatic rings. The van der Waals surface area contributed by atoms with E-state index in [0.717, 1.165) is 27.9 Å². The number of pyridine rings is 1. The molecule has 1 aliphatic rings. The Kier molecular flexibility index (Phi) is 4.34. The minimum atomic E-state index is -0.00652. The van der Waals surface area contributed by atoms with Crippen LogP contribution < -0.4 is 10.1 Å². The lowest BCUT2D eigenvalue weighted by molar-refractivity contribution is 0.357. The predicted molar refractivity (Wildman–Crippen MR) is 106 cm³/mol. The van der Waals surface area contributed by atoms with Crippen LogP contribution in [0.3, 0.4) is 0 Å². The normalized spacial score (nSPS) is 19.5. The summed E-state index contributed by atoms with van der Waals surface area (Å²) in [5.41, 5.74) is 3.17. The summed E-state index contributed by atoms with van der Waals surface area (Å²) in [6.45, 7) is 0. The summed E-state index contributed by atoms with van der Waals surface area (Å²) in [7, 11) is 3.70. The number of rotatable bonds is 4. The molecular formula is C20H20N4OS. The van der Waals surface area contributed by atoms with Gasteiger partial charge in [-0.2, -0.15) is 0 Å². The number of benzene rings is 1. The first kappa shape index (κ1) is 16.6. The molecule has 4 rings (SSSR count). The SMILES string of the molecule is COc1cccc(-n2cccc2[C@@H]2[C@@H](c3ccccn3)NC(=S)N2C)c1. The second-order valence-electron chi connectivity index (χ2n) is 6.24. The first-order valence-corrected chi connectivity index (χ1v) is 8.86. The fourth-order valence-corrected chi connectivity index (χ4v) is 3.70. The molecule has 0 spiro atoms. The monoisotopic (exact) mass is 364 g/mol. The molecule has 6 heteroatoms. The van der Waals surface area contributed by atoms with Gasteiger partial charge in [0, 0.05) is 36.9 Å². The maximum atomic E-state index is 5.53. The molecule has 3 heterocycles. The Bertz CT molecular complexity index is 924. The average Bonchev–Trinajstić information content (AvgIpc) is 3.27. The molecule has 0 radical (unpaired) electrons. The summed E-state index contributed by atoms with van der Waals surface area (Å²) < 4.78 is 7.56. The lowest BCUT2D eigenvalue weighted by atomic mass is 10.0. The van der Waals surface area contributed by atoms with Crippen molar-refractivity contribution in [2.45, 2.75) is 12.1 Å². The van der Waals surface area contributed by atoms with Crippen LogP contribution in [-0.2, 0) is 0 Å². The van der Waals surface area contributed by atoms with Gasteiger partial charge in [0.15, 0.2) is 5.11 Å². The molecule has 132 valence electrons. The Morgan fingerprint density at radius 1 is 1.12 bits per heavy atom. The van der Waals surface area contributed by atoms with Gasteiger partial charge in [-0.3, -0.25) is 4.98 Å². The highest BCUT2D eigenvalue weighted by Crippen LogP contribution is 2.38. The molecule has 1 saturated heterocycles. The number of ether oxygens (including phenoxy) is 1. The molecule has 0 unspecified atom stereocenters. The van der Waals surface area contributed by atoms with Crippen molar-refractivity contribution in [2.24, 2.45) is 0 Å². The summed E-state index contributed by atoms with van der Waals surface area (Å²) in [4.78, 5) is 6.64. The van der Waals surface area contributed by atoms with E-state index < -0.39 is 0 Å². The minimum absolute atomic E-state index is 0.00652. The summed E-state index contributed by atoms with van der Waals surface area (Å²) in [5, 5.41) is 4.14. The molecule has 1 aliphatic heterocycles. The molecule has 0 aliphatic carbocycles. The smallest absolute Gasteiger partial charge is 0.169 e. The van der Waals surface area contributed by atoms with E-state index in [1.807, 2.05) is 49.6 Å².